The van der Waals surface area contributed by atoms with Crippen LogP contribution in [0.3, 0.4) is 0 Å². The Morgan fingerprint density at radius 3 is 2.32 bits per heavy atom. The molecule has 0 N–H and O–H groups in total. The summed E-state index contributed by atoms with van der Waals surface area (Å²) in [6.07, 6.45) is 3.20. The molecule has 2 rings (SSSR count). The fourth-order valence-electron chi connectivity index (χ4n) is 3.29. The Hall–Kier alpha value is -0.220. The highest BCUT2D eigenvalue weighted by Crippen LogP contribution is 2.39. The Balaban J connectivity index is 2.10. The van der Waals surface area contributed by atoms with Crippen LogP contribution in [0.1, 0.15) is 41.0 Å². The first-order valence-corrected chi connectivity index (χ1v) is 8.51. The highest BCUT2D eigenvalue weighted by atomic mass is 32.2. The van der Waals surface area contributed by atoms with Gasteiger partial charge in [-0.2, -0.15) is 0 Å². The van der Waals surface area contributed by atoms with Crippen LogP contribution in [0, 0.1) is 11.8 Å². The highest BCUT2D eigenvalue weighted by Gasteiger charge is 2.48. The summed E-state index contributed by atoms with van der Waals surface area (Å²) in [6.45, 7) is 14.1. The van der Waals surface area contributed by atoms with Crippen molar-refractivity contribution in [2.75, 3.05) is 25.9 Å². The minimum atomic E-state index is -0.0335. The van der Waals surface area contributed by atoms with Gasteiger partial charge in [0.1, 0.15) is 0 Å². The van der Waals surface area contributed by atoms with Gasteiger partial charge in [-0.25, -0.2) is 0 Å². The van der Waals surface area contributed by atoms with Gasteiger partial charge < -0.3 is 4.90 Å². The second-order valence-corrected chi connectivity index (χ2v) is 8.78. The van der Waals surface area contributed by atoms with Crippen molar-refractivity contribution in [2.45, 2.75) is 51.4 Å². The molecule has 2 saturated heterocycles. The van der Waals surface area contributed by atoms with E-state index >= 15 is 0 Å². The van der Waals surface area contributed by atoms with E-state index in [4.69, 9.17) is 0 Å². The Morgan fingerprint density at radius 1 is 1.16 bits per heavy atom. The fraction of sp³-hybridized carbons (Fsp3) is 0.933. The first-order valence-electron chi connectivity index (χ1n) is 7.28. The summed E-state index contributed by atoms with van der Waals surface area (Å²) >= 11 is 1.90. The molecule has 0 aromatic heterocycles. The van der Waals surface area contributed by atoms with E-state index in [1.807, 2.05) is 11.8 Å². The van der Waals surface area contributed by atoms with Crippen LogP contribution in [-0.4, -0.2) is 52.0 Å². The molecule has 3 nitrogen and oxygen atoms in total. The first kappa shape index (κ1) is 15.2. The van der Waals surface area contributed by atoms with Crippen molar-refractivity contribution in [2.24, 2.45) is 11.8 Å². The van der Waals surface area contributed by atoms with Gasteiger partial charge in [-0.05, 0) is 47.3 Å². The number of likely N-dealkylation sites (tertiary alicyclic amines) is 2. The molecule has 0 bridgehead atoms. The second-order valence-electron chi connectivity index (χ2n) is 7.37. The van der Waals surface area contributed by atoms with E-state index in [-0.39, 0.29) is 16.3 Å². The molecule has 1 amide bonds. The normalized spacial score (nSPS) is 29.8. The number of fused-ring (bicyclic) bond motifs is 1. The Bertz CT molecular complexity index is 362. The highest BCUT2D eigenvalue weighted by molar-refractivity contribution is 7.99. The number of thioether (sulfide) groups is 1. The zero-order valence-corrected chi connectivity index (χ0v) is 14.0. The summed E-state index contributed by atoms with van der Waals surface area (Å²) in [6, 6.07) is 0. The van der Waals surface area contributed by atoms with Crippen molar-refractivity contribution in [1.82, 2.24) is 9.80 Å². The summed E-state index contributed by atoms with van der Waals surface area (Å²) in [5, 5.41) is 0. The SMILES string of the molecule is CSC(C)(C)N1CCC2C(=O)N(C(C)(C)C)CC2C1. The van der Waals surface area contributed by atoms with Crippen molar-refractivity contribution < 1.29 is 4.79 Å². The van der Waals surface area contributed by atoms with Crippen molar-refractivity contribution in [3.05, 3.63) is 0 Å². The molecule has 4 heteroatoms. The van der Waals surface area contributed by atoms with E-state index in [1.165, 1.54) is 0 Å². The molecule has 0 aliphatic carbocycles. The average Bonchev–Trinajstić information content (AvgIpc) is 2.66. The second kappa shape index (κ2) is 4.96. The number of carbonyl (C=O) groups is 1. The van der Waals surface area contributed by atoms with Gasteiger partial charge in [0, 0.05) is 37.0 Å². The molecule has 2 aliphatic rings. The number of hydrogen-bond acceptors (Lipinski definition) is 3. The predicted molar refractivity (Wildman–Crippen MR) is 82.2 cm³/mol. The van der Waals surface area contributed by atoms with Gasteiger partial charge in [0.15, 0.2) is 0 Å². The fourth-order valence-corrected chi connectivity index (χ4v) is 3.71. The molecule has 2 fully saturated rings. The molecule has 2 atom stereocenters. The molecule has 0 radical (unpaired) electrons. The zero-order chi connectivity index (χ0) is 14.4. The molecular formula is C15H28N2OS. The lowest BCUT2D eigenvalue weighted by Crippen LogP contribution is -2.49. The van der Waals surface area contributed by atoms with Gasteiger partial charge in [-0.15, -0.1) is 11.8 Å². The van der Waals surface area contributed by atoms with Crippen molar-refractivity contribution in [3.8, 4) is 0 Å². The first-order chi connectivity index (χ1) is 8.66. The van der Waals surface area contributed by atoms with E-state index in [0.717, 1.165) is 26.1 Å². The molecule has 2 heterocycles. The number of piperidine rings is 1. The van der Waals surface area contributed by atoms with Crippen molar-refractivity contribution in [3.63, 3.8) is 0 Å². The maximum absolute atomic E-state index is 12.5. The van der Waals surface area contributed by atoms with Gasteiger partial charge in [-0.1, -0.05) is 0 Å². The summed E-state index contributed by atoms with van der Waals surface area (Å²) in [5.41, 5.74) is -0.0335. The third-order valence-electron chi connectivity index (χ3n) is 4.81. The number of carbonyl (C=O) groups excluding carboxylic acids is 1. The van der Waals surface area contributed by atoms with Gasteiger partial charge in [0.05, 0.1) is 4.87 Å². The Kier molecular flexibility index (Phi) is 3.96. The van der Waals surface area contributed by atoms with Crippen molar-refractivity contribution >= 4 is 17.7 Å². The standard InChI is InChI=1S/C15H28N2OS/c1-14(2,3)17-10-11-9-16(15(4,5)19-6)8-7-12(11)13(17)18/h11-12H,7-10H2,1-6H3. The molecule has 2 aliphatic heterocycles. The molecule has 110 valence electrons. The van der Waals surface area contributed by atoms with E-state index in [1.54, 1.807) is 0 Å². The molecule has 0 aromatic rings. The summed E-state index contributed by atoms with van der Waals surface area (Å²) in [4.78, 5) is 17.3. The topological polar surface area (TPSA) is 23.6 Å². The van der Waals surface area contributed by atoms with E-state index in [0.29, 0.717) is 11.8 Å². The zero-order valence-electron chi connectivity index (χ0n) is 13.2. The quantitative estimate of drug-likeness (QED) is 0.779. The van der Waals surface area contributed by atoms with Gasteiger partial charge in [0.25, 0.3) is 0 Å². The molecule has 0 spiro atoms. The van der Waals surface area contributed by atoms with Crippen LogP contribution in [0.4, 0.5) is 0 Å². The number of hydrogen-bond donors (Lipinski definition) is 0. The lowest BCUT2D eigenvalue weighted by atomic mass is 9.87. The van der Waals surface area contributed by atoms with Crippen molar-refractivity contribution in [1.29, 1.82) is 0 Å². The van der Waals surface area contributed by atoms with Gasteiger partial charge >= 0.3 is 0 Å². The minimum absolute atomic E-state index is 0.0335. The smallest absolute Gasteiger partial charge is 0.226 e. The van der Waals surface area contributed by atoms with Crippen LogP contribution < -0.4 is 0 Å². The third-order valence-corrected chi connectivity index (χ3v) is 6.06. The van der Waals surface area contributed by atoms with Gasteiger partial charge in [0.2, 0.25) is 5.91 Å². The Labute approximate surface area is 122 Å². The van der Waals surface area contributed by atoms with Crippen LogP contribution in [0.2, 0.25) is 0 Å². The molecule has 0 saturated carbocycles. The predicted octanol–water partition coefficient (Wildman–Crippen LogP) is 2.66. The minimum Gasteiger partial charge on any atom is -0.337 e. The van der Waals surface area contributed by atoms with Crippen LogP contribution in [-0.2, 0) is 4.79 Å². The molecule has 0 aromatic carbocycles. The van der Waals surface area contributed by atoms with E-state index in [9.17, 15) is 4.79 Å². The van der Waals surface area contributed by atoms with Crippen LogP contribution in [0.15, 0.2) is 0 Å². The number of nitrogens with zero attached hydrogens (tertiary/aromatic N) is 2. The van der Waals surface area contributed by atoms with E-state index < -0.39 is 0 Å². The lowest BCUT2D eigenvalue weighted by molar-refractivity contribution is -0.135. The van der Waals surface area contributed by atoms with Crippen LogP contribution >= 0.6 is 11.8 Å². The maximum Gasteiger partial charge on any atom is 0.226 e. The number of rotatable bonds is 2. The van der Waals surface area contributed by atoms with Crippen LogP contribution in [0.25, 0.3) is 0 Å². The lowest BCUT2D eigenvalue weighted by Gasteiger charge is -2.43. The maximum atomic E-state index is 12.5. The molecular weight excluding hydrogens is 256 g/mol. The summed E-state index contributed by atoms with van der Waals surface area (Å²) in [5.74, 6) is 1.18. The monoisotopic (exact) mass is 284 g/mol. The van der Waals surface area contributed by atoms with Gasteiger partial charge in [-0.3, -0.25) is 9.69 Å². The average molecular weight is 284 g/mol. The van der Waals surface area contributed by atoms with Crippen LogP contribution in [0.5, 0.6) is 0 Å². The Morgan fingerprint density at radius 2 is 1.79 bits per heavy atom. The largest absolute Gasteiger partial charge is 0.337 e. The number of amides is 1. The molecule has 2 unspecified atom stereocenters. The summed E-state index contributed by atoms with van der Waals surface area (Å²) < 4.78 is 0. The molecule has 19 heavy (non-hydrogen) atoms. The summed E-state index contributed by atoms with van der Waals surface area (Å²) in [7, 11) is 0. The third kappa shape index (κ3) is 2.80. The van der Waals surface area contributed by atoms with E-state index in [2.05, 4.69) is 50.7 Å².